The summed E-state index contributed by atoms with van der Waals surface area (Å²) in [5, 5.41) is 12.9. The van der Waals surface area contributed by atoms with E-state index in [0.29, 0.717) is 0 Å². The molecule has 0 aromatic heterocycles. The number of rotatable bonds is 18. The van der Waals surface area contributed by atoms with Gasteiger partial charge < -0.3 is 15.2 Å². The van der Waals surface area contributed by atoms with Crippen molar-refractivity contribution in [3.8, 4) is 5.75 Å². The fourth-order valence-corrected chi connectivity index (χ4v) is 5.68. The van der Waals surface area contributed by atoms with Crippen molar-refractivity contribution in [2.75, 3.05) is 11.9 Å². The van der Waals surface area contributed by atoms with E-state index < -0.39 is 5.97 Å². The Bertz CT molecular complexity index is 788. The quantitative estimate of drug-likeness (QED) is 0.203. The zero-order valence-corrected chi connectivity index (χ0v) is 23.5. The van der Waals surface area contributed by atoms with Crippen LogP contribution in [0.4, 0.5) is 5.69 Å². The molecule has 35 heavy (non-hydrogen) atoms. The van der Waals surface area contributed by atoms with Crippen molar-refractivity contribution >= 4 is 11.7 Å². The molecule has 0 fully saturated rings. The predicted octanol–water partition coefficient (Wildman–Crippen LogP) is 9.06. The number of anilines is 1. The van der Waals surface area contributed by atoms with Crippen molar-refractivity contribution in [2.45, 2.75) is 149 Å². The number of nitrogens with one attached hydrogen (secondary N) is 1. The van der Waals surface area contributed by atoms with Crippen LogP contribution < -0.4 is 10.1 Å². The molecule has 2 N–H and O–H groups in total. The van der Waals surface area contributed by atoms with Crippen LogP contribution in [0, 0.1) is 20.8 Å². The molecule has 200 valence electrons. The molecule has 1 heterocycles. The van der Waals surface area contributed by atoms with Crippen LogP contribution in [0.25, 0.3) is 0 Å². The first-order valence-corrected chi connectivity index (χ1v) is 14.5. The fraction of sp³-hybridized carbons (Fsp3) is 0.774. The normalized spacial score (nSPS) is 17.2. The van der Waals surface area contributed by atoms with Gasteiger partial charge in [0.05, 0.1) is 0 Å². The molecule has 2 rings (SSSR count). The van der Waals surface area contributed by atoms with Crippen molar-refractivity contribution in [1.29, 1.82) is 0 Å². The van der Waals surface area contributed by atoms with Gasteiger partial charge in [0.25, 0.3) is 0 Å². The number of carbonyl (C=O) groups is 1. The Labute approximate surface area is 215 Å². The van der Waals surface area contributed by atoms with Crippen molar-refractivity contribution in [2.24, 2.45) is 0 Å². The molecule has 0 aliphatic carbocycles. The summed E-state index contributed by atoms with van der Waals surface area (Å²) in [5.74, 6) is -0.181. The topological polar surface area (TPSA) is 58.6 Å². The van der Waals surface area contributed by atoms with Gasteiger partial charge in [-0.1, -0.05) is 96.8 Å². The third-order valence-electron chi connectivity index (χ3n) is 8.15. The number of carboxylic acid groups (broad SMARTS) is 1. The third-order valence-corrected chi connectivity index (χ3v) is 8.15. The summed E-state index contributed by atoms with van der Waals surface area (Å²) in [6, 6.07) is 0. The van der Waals surface area contributed by atoms with Gasteiger partial charge in [0.1, 0.15) is 5.75 Å². The molecule has 0 bridgehead atoms. The highest BCUT2D eigenvalue weighted by atomic mass is 16.5. The Hall–Kier alpha value is -1.71. The zero-order valence-electron chi connectivity index (χ0n) is 23.5. The van der Waals surface area contributed by atoms with Crippen LogP contribution in [0.3, 0.4) is 0 Å². The SMILES string of the molecule is CCCCCCCCCCCCCCCCC1(C)CCc2c(C)c(OCC(=O)O)c(C)c(C)c2N1. The van der Waals surface area contributed by atoms with Crippen LogP contribution >= 0.6 is 0 Å². The van der Waals surface area contributed by atoms with E-state index in [1.807, 2.05) is 6.92 Å². The largest absolute Gasteiger partial charge is 0.481 e. The Morgan fingerprint density at radius 1 is 0.829 bits per heavy atom. The van der Waals surface area contributed by atoms with E-state index in [9.17, 15) is 4.79 Å². The first kappa shape index (κ1) is 29.5. The van der Waals surface area contributed by atoms with Crippen LogP contribution in [0.2, 0.25) is 0 Å². The standard InChI is InChI=1S/C31H53NO3/c1-6-7-8-9-10-11-12-13-14-15-16-17-18-19-21-31(5)22-20-27-26(4)30(35-23-28(33)34)25(3)24(2)29(27)32-31/h32H,6-23H2,1-5H3,(H,33,34). The predicted molar refractivity (Wildman–Crippen MR) is 149 cm³/mol. The van der Waals surface area contributed by atoms with Gasteiger partial charge in [-0.25, -0.2) is 4.79 Å². The lowest BCUT2D eigenvalue weighted by Gasteiger charge is -2.39. The molecule has 4 heteroatoms. The summed E-state index contributed by atoms with van der Waals surface area (Å²) in [4.78, 5) is 11.0. The van der Waals surface area contributed by atoms with Gasteiger partial charge in [-0.05, 0) is 69.2 Å². The molecule has 1 aromatic carbocycles. The summed E-state index contributed by atoms with van der Waals surface area (Å²) in [6.07, 6.45) is 22.9. The minimum atomic E-state index is -0.932. The molecule has 0 spiro atoms. The molecule has 1 aliphatic rings. The van der Waals surface area contributed by atoms with E-state index in [1.54, 1.807) is 0 Å². The molecule has 0 amide bonds. The number of benzene rings is 1. The maximum Gasteiger partial charge on any atom is 0.341 e. The maximum atomic E-state index is 11.0. The second-order valence-corrected chi connectivity index (χ2v) is 11.3. The molecule has 0 saturated heterocycles. The molecule has 1 aromatic rings. The van der Waals surface area contributed by atoms with Gasteiger partial charge in [-0.3, -0.25) is 0 Å². The summed E-state index contributed by atoms with van der Waals surface area (Å²) in [5.41, 5.74) is 6.02. The molecule has 0 saturated carbocycles. The van der Waals surface area contributed by atoms with Crippen LogP contribution in [0.5, 0.6) is 5.75 Å². The van der Waals surface area contributed by atoms with Crippen LogP contribution in [0.15, 0.2) is 0 Å². The van der Waals surface area contributed by atoms with E-state index in [-0.39, 0.29) is 12.1 Å². The summed E-state index contributed by atoms with van der Waals surface area (Å²) in [7, 11) is 0. The Morgan fingerprint density at radius 2 is 1.34 bits per heavy atom. The number of hydrogen-bond donors (Lipinski definition) is 2. The Morgan fingerprint density at radius 3 is 1.86 bits per heavy atom. The van der Waals surface area contributed by atoms with Crippen LogP contribution in [-0.4, -0.2) is 23.2 Å². The lowest BCUT2D eigenvalue weighted by atomic mass is 9.80. The smallest absolute Gasteiger partial charge is 0.341 e. The minimum Gasteiger partial charge on any atom is -0.481 e. The first-order chi connectivity index (χ1) is 16.8. The van der Waals surface area contributed by atoms with Crippen LogP contribution in [0.1, 0.15) is 139 Å². The lowest BCUT2D eigenvalue weighted by Crippen LogP contribution is -2.39. The van der Waals surface area contributed by atoms with Crippen molar-refractivity contribution in [3.63, 3.8) is 0 Å². The number of aliphatic carboxylic acids is 1. The number of fused-ring (bicyclic) bond motifs is 1. The van der Waals surface area contributed by atoms with E-state index in [2.05, 4.69) is 33.0 Å². The Balaban J connectivity index is 1.67. The molecule has 1 atom stereocenters. The highest BCUT2D eigenvalue weighted by molar-refractivity contribution is 5.71. The van der Waals surface area contributed by atoms with Gasteiger partial charge >= 0.3 is 5.97 Å². The van der Waals surface area contributed by atoms with E-state index >= 15 is 0 Å². The molecular formula is C31H53NO3. The van der Waals surface area contributed by atoms with E-state index in [4.69, 9.17) is 9.84 Å². The third kappa shape index (κ3) is 9.69. The summed E-state index contributed by atoms with van der Waals surface area (Å²) in [6.45, 7) is 10.6. The number of unbranched alkanes of at least 4 members (excludes halogenated alkanes) is 13. The van der Waals surface area contributed by atoms with Crippen molar-refractivity contribution in [1.82, 2.24) is 0 Å². The average Bonchev–Trinajstić information content (AvgIpc) is 2.82. The Kier molecular flexibility index (Phi) is 13.0. The second-order valence-electron chi connectivity index (χ2n) is 11.3. The van der Waals surface area contributed by atoms with Crippen molar-refractivity contribution in [3.05, 3.63) is 22.3 Å². The molecule has 1 aliphatic heterocycles. The first-order valence-electron chi connectivity index (χ1n) is 14.5. The molecule has 1 unspecified atom stereocenters. The van der Waals surface area contributed by atoms with Gasteiger partial charge in [0.2, 0.25) is 0 Å². The van der Waals surface area contributed by atoms with Crippen LogP contribution in [-0.2, 0) is 11.2 Å². The highest BCUT2D eigenvalue weighted by Crippen LogP contribution is 2.43. The van der Waals surface area contributed by atoms with Crippen molar-refractivity contribution < 1.29 is 14.6 Å². The number of hydrogen-bond acceptors (Lipinski definition) is 3. The van der Waals surface area contributed by atoms with Gasteiger partial charge in [0.15, 0.2) is 6.61 Å². The maximum absolute atomic E-state index is 11.0. The molecule has 0 radical (unpaired) electrons. The molecule has 4 nitrogen and oxygen atoms in total. The average molecular weight is 488 g/mol. The fourth-order valence-electron chi connectivity index (χ4n) is 5.68. The summed E-state index contributed by atoms with van der Waals surface area (Å²) < 4.78 is 5.66. The second kappa shape index (κ2) is 15.4. The monoisotopic (exact) mass is 487 g/mol. The van der Waals surface area contributed by atoms with E-state index in [1.165, 1.54) is 113 Å². The summed E-state index contributed by atoms with van der Waals surface area (Å²) >= 11 is 0. The van der Waals surface area contributed by atoms with Gasteiger partial charge in [-0.15, -0.1) is 0 Å². The number of ether oxygens (including phenoxy) is 1. The van der Waals surface area contributed by atoms with E-state index in [0.717, 1.165) is 29.7 Å². The number of carboxylic acids is 1. The zero-order chi connectivity index (χ0) is 25.7. The lowest BCUT2D eigenvalue weighted by molar-refractivity contribution is -0.139. The van der Waals surface area contributed by atoms with Gasteiger partial charge in [0, 0.05) is 11.2 Å². The molecular weight excluding hydrogens is 434 g/mol. The highest BCUT2D eigenvalue weighted by Gasteiger charge is 2.32. The van der Waals surface area contributed by atoms with Gasteiger partial charge in [-0.2, -0.15) is 0 Å². The minimum absolute atomic E-state index is 0.136.